The minimum Gasteiger partial charge on any atom is -0.334 e. The van der Waals surface area contributed by atoms with Crippen molar-refractivity contribution in [1.29, 1.82) is 0 Å². The summed E-state index contributed by atoms with van der Waals surface area (Å²) in [5.41, 5.74) is 1.80. The molecule has 0 N–H and O–H groups in total. The predicted octanol–water partition coefficient (Wildman–Crippen LogP) is 3.40. The van der Waals surface area contributed by atoms with Crippen LogP contribution in [0.25, 0.3) is 5.65 Å². The van der Waals surface area contributed by atoms with Crippen LogP contribution in [-0.4, -0.2) is 31.9 Å². The van der Waals surface area contributed by atoms with Crippen LogP contribution in [0.15, 0.2) is 36.7 Å². The first kappa shape index (κ1) is 15.3. The Bertz CT molecular complexity index is 869. The summed E-state index contributed by atoms with van der Waals surface area (Å²) in [6, 6.07) is 8.11. The summed E-state index contributed by atoms with van der Waals surface area (Å²) in [6.07, 6.45) is 7.35. The van der Waals surface area contributed by atoms with Gasteiger partial charge in [0.05, 0.1) is 24.4 Å². The number of carbonyl (C=O) groups is 1. The van der Waals surface area contributed by atoms with Gasteiger partial charge in [-0.3, -0.25) is 4.79 Å². The fraction of sp³-hybridized carbons (Fsp3) is 0.389. The minimum absolute atomic E-state index is 0.0761. The number of hydrogen-bond acceptors (Lipinski definition) is 4. The molecule has 1 amide bonds. The Kier molecular flexibility index (Phi) is 4.06. The van der Waals surface area contributed by atoms with Gasteiger partial charge in [0.15, 0.2) is 5.65 Å². The van der Waals surface area contributed by atoms with Crippen LogP contribution in [0.3, 0.4) is 0 Å². The van der Waals surface area contributed by atoms with Gasteiger partial charge in [0.1, 0.15) is 0 Å². The van der Waals surface area contributed by atoms with Gasteiger partial charge >= 0.3 is 0 Å². The number of hydrogen-bond donors (Lipinski definition) is 0. The normalized spacial score (nSPS) is 18.2. The number of nitrogens with zero attached hydrogens (tertiary/aromatic N) is 4. The van der Waals surface area contributed by atoms with E-state index in [0.717, 1.165) is 42.0 Å². The lowest BCUT2D eigenvalue weighted by Crippen LogP contribution is -2.39. The molecule has 24 heavy (non-hydrogen) atoms. The van der Waals surface area contributed by atoms with Gasteiger partial charge in [-0.05, 0) is 44.4 Å². The summed E-state index contributed by atoms with van der Waals surface area (Å²) in [4.78, 5) is 22.0. The first-order chi connectivity index (χ1) is 11.7. The van der Waals surface area contributed by atoms with Crippen molar-refractivity contribution in [2.45, 2.75) is 38.6 Å². The van der Waals surface area contributed by atoms with Crippen molar-refractivity contribution < 1.29 is 4.79 Å². The smallest absolute Gasteiger partial charge is 0.228 e. The van der Waals surface area contributed by atoms with E-state index < -0.39 is 0 Å². The summed E-state index contributed by atoms with van der Waals surface area (Å²) < 4.78 is 1.76. The van der Waals surface area contributed by atoms with E-state index in [1.807, 2.05) is 23.2 Å². The Balaban J connectivity index is 1.58. The fourth-order valence-electron chi connectivity index (χ4n) is 3.38. The molecular weight excluding hydrogens is 320 g/mol. The van der Waals surface area contributed by atoms with Crippen LogP contribution >= 0.6 is 11.3 Å². The topological polar surface area (TPSA) is 50.5 Å². The third-order valence-electron chi connectivity index (χ3n) is 4.57. The van der Waals surface area contributed by atoms with Gasteiger partial charge in [-0.15, -0.1) is 11.3 Å². The molecule has 0 saturated carbocycles. The van der Waals surface area contributed by atoms with Crippen LogP contribution < -0.4 is 0 Å². The largest absolute Gasteiger partial charge is 0.334 e. The highest BCUT2D eigenvalue weighted by atomic mass is 32.1. The molecule has 0 aliphatic carbocycles. The maximum atomic E-state index is 12.9. The van der Waals surface area contributed by atoms with Crippen molar-refractivity contribution in [2.24, 2.45) is 0 Å². The summed E-state index contributed by atoms with van der Waals surface area (Å²) in [6.45, 7) is 2.90. The summed E-state index contributed by atoms with van der Waals surface area (Å²) in [5, 5.41) is 4.19. The Morgan fingerprint density at radius 2 is 2.21 bits per heavy atom. The number of rotatable bonds is 3. The number of piperidine rings is 1. The second-order valence-electron chi connectivity index (χ2n) is 6.27. The first-order valence-electron chi connectivity index (χ1n) is 8.36. The van der Waals surface area contributed by atoms with Gasteiger partial charge in [-0.1, -0.05) is 0 Å². The molecule has 4 heterocycles. The van der Waals surface area contributed by atoms with Crippen molar-refractivity contribution >= 4 is 22.9 Å². The van der Waals surface area contributed by atoms with Crippen molar-refractivity contribution in [1.82, 2.24) is 19.5 Å². The molecule has 1 atom stereocenters. The Morgan fingerprint density at radius 1 is 1.29 bits per heavy atom. The third-order valence-corrected chi connectivity index (χ3v) is 5.57. The monoisotopic (exact) mass is 340 g/mol. The lowest BCUT2D eigenvalue weighted by Gasteiger charge is -2.35. The van der Waals surface area contributed by atoms with Crippen molar-refractivity contribution in [2.75, 3.05) is 6.54 Å². The molecule has 3 aromatic rings. The highest BCUT2D eigenvalue weighted by Crippen LogP contribution is 2.31. The zero-order valence-corrected chi connectivity index (χ0v) is 14.5. The van der Waals surface area contributed by atoms with Gasteiger partial charge in [0.25, 0.3) is 0 Å². The van der Waals surface area contributed by atoms with E-state index in [0.29, 0.717) is 6.42 Å². The van der Waals surface area contributed by atoms with E-state index in [-0.39, 0.29) is 11.9 Å². The highest BCUT2D eigenvalue weighted by molar-refractivity contribution is 7.12. The standard InChI is InChI=1S/C18H20N4OS/c1-13-5-6-14(24-13)12-18(23)21-10-3-2-4-16(21)15-8-11-22-17(20-15)7-9-19-22/h5-9,11,16H,2-4,10,12H2,1H3/t16-/m1/s1. The molecule has 0 radical (unpaired) electrons. The average Bonchev–Trinajstić information content (AvgIpc) is 3.22. The van der Waals surface area contributed by atoms with Gasteiger partial charge in [-0.2, -0.15) is 5.10 Å². The molecule has 0 spiro atoms. The number of likely N-dealkylation sites (tertiary alicyclic amines) is 1. The second kappa shape index (κ2) is 6.36. The Hall–Kier alpha value is -2.21. The number of thiophene rings is 1. The summed E-state index contributed by atoms with van der Waals surface area (Å²) in [7, 11) is 0. The second-order valence-corrected chi connectivity index (χ2v) is 7.65. The number of carbonyl (C=O) groups excluding carboxylic acids is 1. The first-order valence-corrected chi connectivity index (χ1v) is 9.17. The molecule has 5 nitrogen and oxygen atoms in total. The van der Waals surface area contributed by atoms with Crippen LogP contribution in [0.1, 0.15) is 40.8 Å². The predicted molar refractivity (Wildman–Crippen MR) is 94.1 cm³/mol. The maximum Gasteiger partial charge on any atom is 0.228 e. The van der Waals surface area contributed by atoms with Crippen LogP contribution in [0.2, 0.25) is 0 Å². The zero-order valence-electron chi connectivity index (χ0n) is 13.7. The minimum atomic E-state index is 0.0761. The van der Waals surface area contributed by atoms with Crippen molar-refractivity contribution in [3.63, 3.8) is 0 Å². The number of amides is 1. The molecule has 3 aromatic heterocycles. The molecule has 0 bridgehead atoms. The number of aryl methyl sites for hydroxylation is 1. The van der Waals surface area contributed by atoms with Gasteiger partial charge in [0, 0.05) is 28.6 Å². The van der Waals surface area contributed by atoms with E-state index >= 15 is 0 Å². The van der Waals surface area contributed by atoms with E-state index in [1.54, 1.807) is 22.0 Å². The average molecular weight is 340 g/mol. The molecule has 1 aliphatic heterocycles. The maximum absolute atomic E-state index is 12.9. The Labute approximate surface area is 144 Å². The van der Waals surface area contributed by atoms with Gasteiger partial charge < -0.3 is 4.90 Å². The van der Waals surface area contributed by atoms with Gasteiger partial charge in [0.2, 0.25) is 5.91 Å². The lowest BCUT2D eigenvalue weighted by molar-refractivity contribution is -0.134. The number of aromatic nitrogens is 3. The molecule has 1 aliphatic rings. The molecule has 4 rings (SSSR count). The lowest BCUT2D eigenvalue weighted by atomic mass is 9.98. The van der Waals surface area contributed by atoms with Gasteiger partial charge in [-0.25, -0.2) is 9.50 Å². The van der Waals surface area contributed by atoms with E-state index in [2.05, 4.69) is 24.2 Å². The molecular formula is C18H20N4OS. The molecule has 1 saturated heterocycles. The van der Waals surface area contributed by atoms with E-state index in [4.69, 9.17) is 4.98 Å². The van der Waals surface area contributed by atoms with Crippen LogP contribution in [0.4, 0.5) is 0 Å². The van der Waals surface area contributed by atoms with Crippen LogP contribution in [0.5, 0.6) is 0 Å². The zero-order chi connectivity index (χ0) is 16.5. The molecule has 0 aromatic carbocycles. The molecule has 0 unspecified atom stereocenters. The van der Waals surface area contributed by atoms with E-state index in [1.165, 1.54) is 4.88 Å². The van der Waals surface area contributed by atoms with Crippen LogP contribution in [0, 0.1) is 6.92 Å². The van der Waals surface area contributed by atoms with Crippen LogP contribution in [-0.2, 0) is 11.2 Å². The molecule has 124 valence electrons. The van der Waals surface area contributed by atoms with Crippen molar-refractivity contribution in [3.8, 4) is 0 Å². The molecule has 6 heteroatoms. The quantitative estimate of drug-likeness (QED) is 0.734. The Morgan fingerprint density at radius 3 is 3.04 bits per heavy atom. The fourth-order valence-corrected chi connectivity index (χ4v) is 4.26. The van der Waals surface area contributed by atoms with Crippen molar-refractivity contribution in [3.05, 3.63) is 52.1 Å². The summed E-state index contributed by atoms with van der Waals surface area (Å²) in [5.74, 6) is 0.205. The van der Waals surface area contributed by atoms with E-state index in [9.17, 15) is 4.79 Å². The molecule has 1 fully saturated rings. The summed E-state index contributed by atoms with van der Waals surface area (Å²) >= 11 is 1.71. The third kappa shape index (κ3) is 2.94. The highest BCUT2D eigenvalue weighted by Gasteiger charge is 2.29. The SMILES string of the molecule is Cc1ccc(CC(=O)N2CCCC[C@@H]2c2ccn3nccc3n2)s1. The number of fused-ring (bicyclic) bond motifs is 1.